The second-order valence-corrected chi connectivity index (χ2v) is 7.41. The number of ether oxygens (including phenoxy) is 1. The molecule has 0 atom stereocenters. The fraction of sp³-hybridized carbons (Fsp3) is 0.160. The molecule has 174 valence electrons. The zero-order valence-electron chi connectivity index (χ0n) is 18.2. The van der Waals surface area contributed by atoms with Crippen molar-refractivity contribution in [3.8, 4) is 11.3 Å². The number of rotatable bonds is 5. The van der Waals surface area contributed by atoms with Crippen molar-refractivity contribution in [2.45, 2.75) is 20.0 Å². The minimum Gasteiger partial charge on any atom is -0.462 e. The van der Waals surface area contributed by atoms with Gasteiger partial charge in [0.25, 0.3) is 5.91 Å². The van der Waals surface area contributed by atoms with E-state index >= 15 is 0 Å². The largest absolute Gasteiger partial charge is 0.462 e. The molecule has 6 nitrogen and oxygen atoms in total. The monoisotopic (exact) mass is 468 g/mol. The van der Waals surface area contributed by atoms with Gasteiger partial charge in [0.2, 0.25) is 0 Å². The summed E-state index contributed by atoms with van der Waals surface area (Å²) in [6.45, 7) is 3.57. The predicted octanol–water partition coefficient (Wildman–Crippen LogP) is 5.95. The zero-order chi connectivity index (χ0) is 24.5. The van der Waals surface area contributed by atoms with E-state index in [0.717, 1.165) is 17.1 Å². The maximum absolute atomic E-state index is 13.1. The lowest BCUT2D eigenvalue weighted by Crippen LogP contribution is -2.21. The molecule has 0 bridgehead atoms. The molecule has 1 aromatic heterocycles. The van der Waals surface area contributed by atoms with Gasteiger partial charge in [0.15, 0.2) is 0 Å². The van der Waals surface area contributed by atoms with Crippen molar-refractivity contribution in [1.82, 2.24) is 0 Å². The van der Waals surface area contributed by atoms with Crippen LogP contribution >= 0.6 is 0 Å². The highest BCUT2D eigenvalue weighted by atomic mass is 19.4. The van der Waals surface area contributed by atoms with Crippen LogP contribution in [0.5, 0.6) is 0 Å². The maximum atomic E-state index is 13.1. The first-order chi connectivity index (χ1) is 16.2. The molecular formula is C25H19F3N2O4. The van der Waals surface area contributed by atoms with Crippen molar-refractivity contribution >= 4 is 29.4 Å². The molecule has 1 amide bonds. The van der Waals surface area contributed by atoms with E-state index in [9.17, 15) is 22.8 Å². The number of hydrogen-bond acceptors (Lipinski definition) is 5. The first kappa shape index (κ1) is 23.0. The van der Waals surface area contributed by atoms with Gasteiger partial charge in [-0.05, 0) is 62.4 Å². The molecule has 3 aromatic rings. The van der Waals surface area contributed by atoms with Crippen LogP contribution in [-0.4, -0.2) is 24.2 Å². The Balaban J connectivity index is 1.59. The standard InChI is InChI=1S/C25H19F3N2O4/c1-3-33-24(32)17-7-4-6-16(12-17)22-11-10-20(34-22)14-21-15(2)29-30(23(21)31)19-9-5-8-18(13-19)25(26,27)28/h4-14H,3H2,1-2H3. The molecule has 4 rings (SSSR count). The van der Waals surface area contributed by atoms with Crippen LogP contribution < -0.4 is 5.01 Å². The number of hydrazone groups is 1. The number of anilines is 1. The average molecular weight is 468 g/mol. The van der Waals surface area contributed by atoms with Crippen molar-refractivity contribution in [3.05, 3.63) is 83.1 Å². The lowest BCUT2D eigenvalue weighted by atomic mass is 10.1. The molecule has 0 unspecified atom stereocenters. The number of nitrogens with zero attached hydrogens (tertiary/aromatic N) is 2. The minimum atomic E-state index is -4.54. The summed E-state index contributed by atoms with van der Waals surface area (Å²) in [5.74, 6) is -0.205. The molecular weight excluding hydrogens is 449 g/mol. The smallest absolute Gasteiger partial charge is 0.416 e. The first-order valence-corrected chi connectivity index (χ1v) is 10.3. The van der Waals surface area contributed by atoms with Gasteiger partial charge in [-0.15, -0.1) is 0 Å². The van der Waals surface area contributed by atoms with Gasteiger partial charge in [-0.25, -0.2) is 4.79 Å². The van der Waals surface area contributed by atoms with Crippen LogP contribution in [0.1, 0.15) is 35.5 Å². The quantitative estimate of drug-likeness (QED) is 0.343. The van der Waals surface area contributed by atoms with Crippen LogP contribution in [-0.2, 0) is 15.7 Å². The summed E-state index contributed by atoms with van der Waals surface area (Å²) in [5.41, 5.74) is 0.691. The Morgan fingerprint density at radius 1 is 1.12 bits per heavy atom. The molecule has 0 spiro atoms. The van der Waals surface area contributed by atoms with E-state index in [0.29, 0.717) is 28.4 Å². The van der Waals surface area contributed by atoms with Gasteiger partial charge in [-0.2, -0.15) is 23.3 Å². The lowest BCUT2D eigenvalue weighted by molar-refractivity contribution is -0.137. The van der Waals surface area contributed by atoms with E-state index in [1.165, 1.54) is 18.2 Å². The molecule has 0 radical (unpaired) electrons. The number of furan rings is 1. The second kappa shape index (κ2) is 9.01. The number of carbonyl (C=O) groups excluding carboxylic acids is 2. The third-order valence-electron chi connectivity index (χ3n) is 5.05. The minimum absolute atomic E-state index is 0.0125. The predicted molar refractivity (Wildman–Crippen MR) is 120 cm³/mol. The van der Waals surface area contributed by atoms with Crippen molar-refractivity contribution in [2.75, 3.05) is 11.6 Å². The third-order valence-corrected chi connectivity index (χ3v) is 5.05. The molecule has 0 saturated carbocycles. The summed E-state index contributed by atoms with van der Waals surface area (Å²) >= 11 is 0. The van der Waals surface area contributed by atoms with Gasteiger partial charge < -0.3 is 9.15 Å². The maximum Gasteiger partial charge on any atom is 0.416 e. The number of benzene rings is 2. The Morgan fingerprint density at radius 3 is 2.62 bits per heavy atom. The van der Waals surface area contributed by atoms with Crippen molar-refractivity contribution in [2.24, 2.45) is 5.10 Å². The van der Waals surface area contributed by atoms with E-state index in [2.05, 4.69) is 5.10 Å². The zero-order valence-corrected chi connectivity index (χ0v) is 18.2. The first-order valence-electron chi connectivity index (χ1n) is 10.3. The van der Waals surface area contributed by atoms with Gasteiger partial charge in [-0.1, -0.05) is 18.2 Å². The van der Waals surface area contributed by atoms with Crippen LogP contribution in [0.4, 0.5) is 18.9 Å². The molecule has 1 aliphatic rings. The van der Waals surface area contributed by atoms with Gasteiger partial charge in [0.1, 0.15) is 11.5 Å². The molecule has 0 N–H and O–H groups in total. The Morgan fingerprint density at radius 2 is 1.88 bits per heavy atom. The summed E-state index contributed by atoms with van der Waals surface area (Å²) in [7, 11) is 0. The molecule has 34 heavy (non-hydrogen) atoms. The summed E-state index contributed by atoms with van der Waals surface area (Å²) in [4.78, 5) is 24.9. The third kappa shape index (κ3) is 4.63. The Bertz CT molecular complexity index is 1320. The number of amides is 1. The SMILES string of the molecule is CCOC(=O)c1cccc(-c2ccc(C=C3C(=O)N(c4cccc(C(F)(F)F)c4)N=C3C)o2)c1. The molecule has 0 aliphatic carbocycles. The van der Waals surface area contributed by atoms with E-state index in [1.54, 1.807) is 50.2 Å². The molecule has 1 aliphatic heterocycles. The van der Waals surface area contributed by atoms with Crippen LogP contribution in [0.25, 0.3) is 17.4 Å². The van der Waals surface area contributed by atoms with Crippen molar-refractivity contribution < 1.29 is 31.9 Å². The Hall–Kier alpha value is -4.14. The van der Waals surface area contributed by atoms with Gasteiger partial charge >= 0.3 is 12.1 Å². The van der Waals surface area contributed by atoms with E-state index < -0.39 is 23.6 Å². The Kier molecular flexibility index (Phi) is 6.10. The summed E-state index contributed by atoms with van der Waals surface area (Å²) < 4.78 is 50.0. The Labute approximate surface area is 192 Å². The van der Waals surface area contributed by atoms with E-state index in [4.69, 9.17) is 9.15 Å². The molecule has 9 heteroatoms. The highest BCUT2D eigenvalue weighted by Crippen LogP contribution is 2.33. The molecule has 0 saturated heterocycles. The number of esters is 1. The number of halogens is 3. The highest BCUT2D eigenvalue weighted by molar-refractivity contribution is 6.32. The van der Waals surface area contributed by atoms with E-state index in [-0.39, 0.29) is 17.9 Å². The topological polar surface area (TPSA) is 72.1 Å². The number of alkyl halides is 3. The fourth-order valence-corrected chi connectivity index (χ4v) is 3.41. The summed E-state index contributed by atoms with van der Waals surface area (Å²) in [5, 5.41) is 5.06. The lowest BCUT2D eigenvalue weighted by Gasteiger charge is -2.14. The van der Waals surface area contributed by atoms with Crippen LogP contribution in [0, 0.1) is 0 Å². The van der Waals surface area contributed by atoms with Crippen molar-refractivity contribution in [1.29, 1.82) is 0 Å². The normalized spacial score (nSPS) is 15.1. The van der Waals surface area contributed by atoms with Gasteiger partial charge in [0, 0.05) is 5.56 Å². The molecule has 2 heterocycles. The highest BCUT2D eigenvalue weighted by Gasteiger charge is 2.33. The van der Waals surface area contributed by atoms with Crippen LogP contribution in [0.3, 0.4) is 0 Å². The number of hydrogen-bond donors (Lipinski definition) is 0. The molecule has 2 aromatic carbocycles. The molecule has 0 fully saturated rings. The van der Waals surface area contributed by atoms with Crippen LogP contribution in [0.2, 0.25) is 0 Å². The second-order valence-electron chi connectivity index (χ2n) is 7.41. The van der Waals surface area contributed by atoms with Gasteiger partial charge in [-0.3, -0.25) is 4.79 Å². The fourth-order valence-electron chi connectivity index (χ4n) is 3.41. The summed E-state index contributed by atoms with van der Waals surface area (Å²) in [6, 6.07) is 14.5. The van der Waals surface area contributed by atoms with Gasteiger partial charge in [0.05, 0.1) is 34.7 Å². The van der Waals surface area contributed by atoms with Crippen molar-refractivity contribution in [3.63, 3.8) is 0 Å². The number of carbonyl (C=O) groups is 2. The van der Waals surface area contributed by atoms with Crippen LogP contribution in [0.15, 0.2) is 75.8 Å². The van der Waals surface area contributed by atoms with E-state index in [1.807, 2.05) is 0 Å². The average Bonchev–Trinajstić information content (AvgIpc) is 3.39. The summed E-state index contributed by atoms with van der Waals surface area (Å²) in [6.07, 6.45) is -3.06.